The summed E-state index contributed by atoms with van der Waals surface area (Å²) in [5.74, 6) is 0.228. The number of aromatic nitrogens is 3. The lowest BCUT2D eigenvalue weighted by Gasteiger charge is -2.35. The van der Waals surface area contributed by atoms with Gasteiger partial charge in [-0.25, -0.2) is 0 Å². The van der Waals surface area contributed by atoms with E-state index in [1.165, 1.54) is 12.0 Å². The maximum absolute atomic E-state index is 13.1. The Morgan fingerprint density at radius 2 is 2.15 bits per heavy atom. The Balaban J connectivity index is 1.43. The van der Waals surface area contributed by atoms with Gasteiger partial charge < -0.3 is 5.32 Å². The fraction of sp³-hybridized carbons (Fsp3) is 0.550. The van der Waals surface area contributed by atoms with E-state index in [9.17, 15) is 4.79 Å². The molecule has 3 atom stereocenters. The zero-order valence-corrected chi connectivity index (χ0v) is 15.3. The van der Waals surface area contributed by atoms with Gasteiger partial charge in [0.1, 0.15) is 0 Å². The highest BCUT2D eigenvalue weighted by molar-refractivity contribution is 5.84. The number of fused-ring (bicyclic) bond motifs is 2. The lowest BCUT2D eigenvalue weighted by molar-refractivity contribution is -0.133. The molecule has 2 aromatic heterocycles. The van der Waals surface area contributed by atoms with Crippen LogP contribution in [0, 0.1) is 5.41 Å². The molecule has 6 heteroatoms. The summed E-state index contributed by atoms with van der Waals surface area (Å²) in [7, 11) is 0. The van der Waals surface area contributed by atoms with Crippen LogP contribution < -0.4 is 5.32 Å². The molecule has 0 unspecified atom stereocenters. The van der Waals surface area contributed by atoms with Crippen molar-refractivity contribution < 1.29 is 4.79 Å². The van der Waals surface area contributed by atoms with Crippen LogP contribution in [0.2, 0.25) is 0 Å². The summed E-state index contributed by atoms with van der Waals surface area (Å²) in [6.45, 7) is 3.74. The topological polar surface area (TPSA) is 73.9 Å². The third-order valence-electron chi connectivity index (χ3n) is 6.32. The fourth-order valence-electron chi connectivity index (χ4n) is 4.94. The fourth-order valence-corrected chi connectivity index (χ4v) is 4.94. The normalized spacial score (nSPS) is 27.7. The molecule has 4 heterocycles. The van der Waals surface area contributed by atoms with E-state index in [-0.39, 0.29) is 11.3 Å². The first-order valence-corrected chi connectivity index (χ1v) is 9.64. The Morgan fingerprint density at radius 3 is 2.88 bits per heavy atom. The molecule has 6 nitrogen and oxygen atoms in total. The Labute approximate surface area is 154 Å². The minimum Gasteiger partial charge on any atom is -0.355 e. The highest BCUT2D eigenvalue weighted by Crippen LogP contribution is 2.52. The largest absolute Gasteiger partial charge is 0.355 e. The van der Waals surface area contributed by atoms with Gasteiger partial charge in [-0.15, -0.1) is 0 Å². The Kier molecular flexibility index (Phi) is 4.76. The van der Waals surface area contributed by atoms with Gasteiger partial charge in [0, 0.05) is 55.9 Å². The molecular formula is C20H27N5O. The summed E-state index contributed by atoms with van der Waals surface area (Å²) in [6, 6.07) is 6.98. The molecule has 0 spiro atoms. The molecular weight excluding hydrogens is 326 g/mol. The van der Waals surface area contributed by atoms with Crippen molar-refractivity contribution in [2.24, 2.45) is 5.41 Å². The van der Waals surface area contributed by atoms with Crippen molar-refractivity contribution in [2.75, 3.05) is 6.54 Å². The summed E-state index contributed by atoms with van der Waals surface area (Å²) in [5.41, 5.74) is 2.09. The Morgan fingerprint density at radius 1 is 1.31 bits per heavy atom. The average Bonchev–Trinajstić information content (AvgIpc) is 3.39. The molecule has 2 N–H and O–H groups in total. The van der Waals surface area contributed by atoms with Crippen LogP contribution in [0.3, 0.4) is 0 Å². The minimum absolute atomic E-state index is 0.228. The van der Waals surface area contributed by atoms with Crippen molar-refractivity contribution >= 4 is 5.91 Å². The van der Waals surface area contributed by atoms with Gasteiger partial charge in [-0.1, -0.05) is 6.92 Å². The third-order valence-corrected chi connectivity index (χ3v) is 6.32. The number of nitrogens with zero attached hydrogens (tertiary/aromatic N) is 3. The molecule has 0 aliphatic carbocycles. The van der Waals surface area contributed by atoms with Gasteiger partial charge in [0.15, 0.2) is 0 Å². The number of carbonyl (C=O) groups is 1. The number of hydrogen-bond donors (Lipinski definition) is 2. The van der Waals surface area contributed by atoms with Crippen LogP contribution in [0.1, 0.15) is 43.9 Å². The number of H-pyrrole nitrogens is 1. The summed E-state index contributed by atoms with van der Waals surface area (Å²) < 4.78 is 0. The molecule has 0 radical (unpaired) electrons. The zero-order chi connectivity index (χ0) is 18.0. The summed E-state index contributed by atoms with van der Waals surface area (Å²) in [6.07, 6.45) is 10.4. The molecule has 4 rings (SSSR count). The second-order valence-corrected chi connectivity index (χ2v) is 7.58. The first kappa shape index (κ1) is 17.2. The maximum atomic E-state index is 13.1. The molecule has 2 aliphatic rings. The number of aromatic amines is 1. The van der Waals surface area contributed by atoms with E-state index >= 15 is 0 Å². The van der Waals surface area contributed by atoms with Gasteiger partial charge >= 0.3 is 0 Å². The van der Waals surface area contributed by atoms with Crippen LogP contribution >= 0.6 is 0 Å². The van der Waals surface area contributed by atoms with E-state index in [1.54, 1.807) is 6.20 Å². The van der Waals surface area contributed by atoms with E-state index in [0.29, 0.717) is 18.6 Å². The van der Waals surface area contributed by atoms with Crippen molar-refractivity contribution in [1.82, 2.24) is 25.4 Å². The summed E-state index contributed by atoms with van der Waals surface area (Å²) >= 11 is 0. The van der Waals surface area contributed by atoms with Crippen molar-refractivity contribution in [3.8, 4) is 0 Å². The second kappa shape index (κ2) is 7.19. The monoisotopic (exact) mass is 353 g/mol. The van der Waals surface area contributed by atoms with E-state index in [2.05, 4.69) is 44.5 Å². The highest BCUT2D eigenvalue weighted by atomic mass is 16.2. The van der Waals surface area contributed by atoms with Gasteiger partial charge in [0.05, 0.1) is 5.41 Å². The zero-order valence-electron chi connectivity index (χ0n) is 15.3. The van der Waals surface area contributed by atoms with Crippen molar-refractivity contribution in [3.05, 3.63) is 48.0 Å². The van der Waals surface area contributed by atoms with Gasteiger partial charge in [-0.3, -0.25) is 19.8 Å². The summed E-state index contributed by atoms with van der Waals surface area (Å²) in [5, 5.41) is 10.1. The van der Waals surface area contributed by atoms with Gasteiger partial charge in [0.25, 0.3) is 0 Å². The van der Waals surface area contributed by atoms with E-state index in [0.717, 1.165) is 37.9 Å². The third kappa shape index (κ3) is 3.03. The molecule has 2 aliphatic heterocycles. The average molecular weight is 353 g/mol. The molecule has 26 heavy (non-hydrogen) atoms. The SMILES string of the molecule is CC[C@@]1(C(=O)NCCc2ccn[nH]2)C[C@@H]2CC[C@H]1N2Cc1ccncc1. The summed E-state index contributed by atoms with van der Waals surface area (Å²) in [4.78, 5) is 19.8. The number of nitrogens with one attached hydrogen (secondary N) is 2. The number of amides is 1. The van der Waals surface area contributed by atoms with Gasteiger partial charge in [-0.2, -0.15) is 5.10 Å². The first-order valence-electron chi connectivity index (χ1n) is 9.64. The van der Waals surface area contributed by atoms with Crippen LogP contribution in [0.4, 0.5) is 0 Å². The highest BCUT2D eigenvalue weighted by Gasteiger charge is 2.58. The number of pyridine rings is 1. The lowest BCUT2D eigenvalue weighted by atomic mass is 9.71. The quantitative estimate of drug-likeness (QED) is 0.801. The number of rotatable bonds is 7. The molecule has 0 saturated carbocycles. The van der Waals surface area contributed by atoms with Crippen LogP contribution in [0.15, 0.2) is 36.8 Å². The Bertz CT molecular complexity index is 732. The van der Waals surface area contributed by atoms with Crippen molar-refractivity contribution in [1.29, 1.82) is 0 Å². The van der Waals surface area contributed by atoms with Crippen LogP contribution in [-0.4, -0.2) is 44.6 Å². The van der Waals surface area contributed by atoms with E-state index < -0.39 is 0 Å². The van der Waals surface area contributed by atoms with Crippen LogP contribution in [-0.2, 0) is 17.8 Å². The van der Waals surface area contributed by atoms with Crippen LogP contribution in [0.25, 0.3) is 0 Å². The lowest BCUT2D eigenvalue weighted by Crippen LogP contribution is -2.49. The van der Waals surface area contributed by atoms with Gasteiger partial charge in [0.2, 0.25) is 5.91 Å². The van der Waals surface area contributed by atoms with E-state index in [1.807, 2.05) is 18.5 Å². The van der Waals surface area contributed by atoms with Gasteiger partial charge in [-0.05, 0) is 49.4 Å². The molecule has 138 valence electrons. The predicted octanol–water partition coefficient (Wildman–Crippen LogP) is 2.30. The molecule has 2 saturated heterocycles. The minimum atomic E-state index is -0.246. The molecule has 2 bridgehead atoms. The molecule has 1 amide bonds. The smallest absolute Gasteiger partial charge is 0.227 e. The maximum Gasteiger partial charge on any atom is 0.227 e. The second-order valence-electron chi connectivity index (χ2n) is 7.58. The first-order chi connectivity index (χ1) is 12.7. The van der Waals surface area contributed by atoms with Crippen molar-refractivity contribution in [3.63, 3.8) is 0 Å². The standard InChI is InChI=1S/C20H27N5O/c1-2-20(19(26)22-11-7-16-8-12-23-24-16)13-17-3-4-18(20)25(17)14-15-5-9-21-10-6-15/h5-6,8-10,12,17-18H,2-4,7,11,13-14H2,1H3,(H,22,26)(H,23,24)/t17-,18+,20+/m0/s1. The predicted molar refractivity (Wildman–Crippen MR) is 99.2 cm³/mol. The number of hydrogen-bond acceptors (Lipinski definition) is 4. The molecule has 2 aromatic rings. The molecule has 0 aromatic carbocycles. The molecule has 2 fully saturated rings. The van der Waals surface area contributed by atoms with Crippen molar-refractivity contribution in [2.45, 2.75) is 57.7 Å². The van der Waals surface area contributed by atoms with E-state index in [4.69, 9.17) is 0 Å². The van der Waals surface area contributed by atoms with Crippen LogP contribution in [0.5, 0.6) is 0 Å². The number of carbonyl (C=O) groups excluding carboxylic acids is 1. The Hall–Kier alpha value is -2.21.